The number of rotatable bonds is 5. The minimum absolute atomic E-state index is 0.130. The van der Waals surface area contributed by atoms with Gasteiger partial charge in [-0.15, -0.1) is 0 Å². The van der Waals surface area contributed by atoms with Crippen molar-refractivity contribution >= 4 is 28.6 Å². The van der Waals surface area contributed by atoms with E-state index in [0.29, 0.717) is 22.0 Å². The van der Waals surface area contributed by atoms with Crippen molar-refractivity contribution in [1.29, 1.82) is 0 Å². The second-order valence-electron chi connectivity index (χ2n) is 6.46. The molecule has 1 atom stereocenters. The van der Waals surface area contributed by atoms with Gasteiger partial charge >= 0.3 is 0 Å². The zero-order valence-corrected chi connectivity index (χ0v) is 16.5. The van der Waals surface area contributed by atoms with Crippen LogP contribution in [0.2, 0.25) is 5.02 Å². The molecule has 0 spiro atoms. The highest BCUT2D eigenvalue weighted by atomic mass is 35.5. The van der Waals surface area contributed by atoms with E-state index in [-0.39, 0.29) is 6.04 Å². The number of halogens is 1. The molecule has 6 nitrogen and oxygen atoms in total. The number of imidazole rings is 1. The third kappa shape index (κ3) is 3.16. The first kappa shape index (κ1) is 18.3. The number of aromatic nitrogens is 4. The van der Waals surface area contributed by atoms with Gasteiger partial charge in [0.05, 0.1) is 19.5 Å². The molecule has 0 aliphatic heterocycles. The monoisotopic (exact) mass is 392 g/mol. The van der Waals surface area contributed by atoms with Gasteiger partial charge in [-0.3, -0.25) is 0 Å². The minimum atomic E-state index is -0.130. The predicted octanol–water partition coefficient (Wildman–Crippen LogP) is 4.96. The van der Waals surface area contributed by atoms with E-state index >= 15 is 0 Å². The van der Waals surface area contributed by atoms with Crippen molar-refractivity contribution in [1.82, 2.24) is 19.9 Å². The SMILES string of the molecule is COc1c(C(C)Nc2ncnc3[nH]cnc23)cc(Cl)c(C)c1-c1c[c]ccc1. The van der Waals surface area contributed by atoms with Crippen molar-refractivity contribution in [3.8, 4) is 16.9 Å². The van der Waals surface area contributed by atoms with Crippen LogP contribution < -0.4 is 10.1 Å². The Kier molecular flexibility index (Phi) is 4.88. The maximum absolute atomic E-state index is 6.59. The van der Waals surface area contributed by atoms with Crippen LogP contribution in [0.3, 0.4) is 0 Å². The van der Waals surface area contributed by atoms with E-state index in [4.69, 9.17) is 16.3 Å². The van der Waals surface area contributed by atoms with Crippen LogP contribution in [-0.2, 0) is 0 Å². The largest absolute Gasteiger partial charge is 0.496 e. The van der Waals surface area contributed by atoms with Crippen molar-refractivity contribution in [2.24, 2.45) is 0 Å². The Balaban J connectivity index is 1.81. The van der Waals surface area contributed by atoms with Gasteiger partial charge < -0.3 is 15.0 Å². The van der Waals surface area contributed by atoms with Crippen LogP contribution in [0.15, 0.2) is 43.0 Å². The molecule has 0 aliphatic carbocycles. The molecule has 7 heteroatoms. The Morgan fingerprint density at radius 2 is 2.14 bits per heavy atom. The molecule has 0 aliphatic rings. The average molecular weight is 393 g/mol. The molecule has 4 aromatic rings. The Labute approximate surface area is 168 Å². The molecule has 0 fully saturated rings. The van der Waals surface area contributed by atoms with E-state index < -0.39 is 0 Å². The number of hydrogen-bond acceptors (Lipinski definition) is 5. The molecule has 2 N–H and O–H groups in total. The molecule has 2 aromatic heterocycles. The first-order valence-electron chi connectivity index (χ1n) is 8.84. The molecular weight excluding hydrogens is 374 g/mol. The number of aromatic amines is 1. The summed E-state index contributed by atoms with van der Waals surface area (Å²) in [4.78, 5) is 15.8. The number of fused-ring (bicyclic) bond motifs is 1. The molecule has 1 radical (unpaired) electrons. The van der Waals surface area contributed by atoms with E-state index in [9.17, 15) is 0 Å². The fraction of sp³-hybridized carbons (Fsp3) is 0.190. The molecule has 0 amide bonds. The summed E-state index contributed by atoms with van der Waals surface area (Å²) in [5.41, 5.74) is 5.22. The summed E-state index contributed by atoms with van der Waals surface area (Å²) in [6.45, 7) is 4.03. The van der Waals surface area contributed by atoms with Gasteiger partial charge in [-0.1, -0.05) is 29.8 Å². The maximum Gasteiger partial charge on any atom is 0.162 e. The van der Waals surface area contributed by atoms with Crippen molar-refractivity contribution in [2.75, 3.05) is 12.4 Å². The van der Waals surface area contributed by atoms with Crippen LogP contribution in [0.1, 0.15) is 24.1 Å². The topological polar surface area (TPSA) is 75.7 Å². The van der Waals surface area contributed by atoms with Crippen LogP contribution in [-0.4, -0.2) is 27.0 Å². The maximum atomic E-state index is 6.59. The number of ether oxygens (including phenoxy) is 1. The lowest BCUT2D eigenvalue weighted by atomic mass is 9.94. The van der Waals surface area contributed by atoms with Crippen LogP contribution >= 0.6 is 11.6 Å². The van der Waals surface area contributed by atoms with Crippen LogP contribution in [0.4, 0.5) is 5.82 Å². The number of nitrogens with one attached hydrogen (secondary N) is 2. The molecule has 2 aromatic carbocycles. The van der Waals surface area contributed by atoms with Crippen molar-refractivity contribution in [3.05, 3.63) is 65.2 Å². The Morgan fingerprint density at radius 3 is 2.89 bits per heavy atom. The van der Waals surface area contributed by atoms with Crippen molar-refractivity contribution in [2.45, 2.75) is 19.9 Å². The van der Waals surface area contributed by atoms with Crippen LogP contribution in [0, 0.1) is 13.0 Å². The molecule has 141 valence electrons. The average Bonchev–Trinajstić information content (AvgIpc) is 3.20. The Bertz CT molecular complexity index is 1130. The normalized spacial score (nSPS) is 12.1. The summed E-state index contributed by atoms with van der Waals surface area (Å²) >= 11 is 6.59. The first-order valence-corrected chi connectivity index (χ1v) is 9.22. The number of H-pyrrole nitrogens is 1. The molecule has 28 heavy (non-hydrogen) atoms. The quantitative estimate of drug-likeness (QED) is 0.501. The number of anilines is 1. The molecule has 4 rings (SSSR count). The Hall–Kier alpha value is -3.12. The first-order chi connectivity index (χ1) is 13.6. The molecule has 2 heterocycles. The summed E-state index contributed by atoms with van der Waals surface area (Å²) in [5.74, 6) is 1.42. The lowest BCUT2D eigenvalue weighted by molar-refractivity contribution is 0.409. The molecule has 0 bridgehead atoms. The van der Waals surface area contributed by atoms with Crippen molar-refractivity contribution < 1.29 is 4.74 Å². The van der Waals surface area contributed by atoms with Gasteiger partial charge in [0.1, 0.15) is 17.6 Å². The molecule has 0 saturated heterocycles. The highest BCUT2D eigenvalue weighted by molar-refractivity contribution is 6.32. The summed E-state index contributed by atoms with van der Waals surface area (Å²) in [7, 11) is 1.67. The van der Waals surface area contributed by atoms with Crippen LogP contribution in [0.5, 0.6) is 5.75 Å². The van der Waals surface area contributed by atoms with Gasteiger partial charge in [0.25, 0.3) is 0 Å². The lowest BCUT2D eigenvalue weighted by Gasteiger charge is -2.22. The van der Waals surface area contributed by atoms with E-state index in [0.717, 1.165) is 28.0 Å². The van der Waals surface area contributed by atoms with Gasteiger partial charge in [-0.2, -0.15) is 0 Å². The standard InChI is InChI=1S/C21H19ClN5O/c1-12-16(22)9-15(19(28-3)17(12)14-7-5-4-6-8-14)13(2)27-21-18-20(24-10-23-18)25-11-26-21/h4-5,7-11,13H,1-3H3,(H2,23,24,25,26,27). The summed E-state index contributed by atoms with van der Waals surface area (Å²) in [5, 5.41) is 4.08. The van der Waals surface area contributed by atoms with E-state index in [1.807, 2.05) is 44.2 Å². The zero-order chi connectivity index (χ0) is 19.7. The van der Waals surface area contributed by atoms with Crippen LogP contribution in [0.25, 0.3) is 22.3 Å². The number of benzene rings is 2. The highest BCUT2D eigenvalue weighted by Crippen LogP contribution is 2.42. The second-order valence-corrected chi connectivity index (χ2v) is 6.87. The highest BCUT2D eigenvalue weighted by Gasteiger charge is 2.21. The molecule has 0 saturated carbocycles. The summed E-state index contributed by atoms with van der Waals surface area (Å²) in [6.07, 6.45) is 3.10. The third-order valence-corrected chi connectivity index (χ3v) is 5.13. The summed E-state index contributed by atoms with van der Waals surface area (Å²) < 4.78 is 5.83. The summed E-state index contributed by atoms with van der Waals surface area (Å²) in [6, 6.07) is 12.7. The zero-order valence-electron chi connectivity index (χ0n) is 15.7. The predicted molar refractivity (Wildman–Crippen MR) is 111 cm³/mol. The van der Waals surface area contributed by atoms with Gasteiger partial charge in [0.15, 0.2) is 11.5 Å². The second kappa shape index (κ2) is 7.48. The Morgan fingerprint density at radius 1 is 1.29 bits per heavy atom. The van der Waals surface area contributed by atoms with Gasteiger partial charge in [0.2, 0.25) is 0 Å². The van der Waals surface area contributed by atoms with Crippen molar-refractivity contribution in [3.63, 3.8) is 0 Å². The molecular formula is C21H19ClN5O. The van der Waals surface area contributed by atoms with Gasteiger partial charge in [-0.05, 0) is 43.2 Å². The minimum Gasteiger partial charge on any atom is -0.496 e. The third-order valence-electron chi connectivity index (χ3n) is 4.74. The fourth-order valence-electron chi connectivity index (χ4n) is 3.34. The fourth-order valence-corrected chi connectivity index (χ4v) is 3.55. The number of hydrogen-bond donors (Lipinski definition) is 2. The van der Waals surface area contributed by atoms with E-state index in [2.05, 4.69) is 31.3 Å². The smallest absolute Gasteiger partial charge is 0.162 e. The number of methoxy groups -OCH3 is 1. The molecule has 1 unspecified atom stereocenters. The number of nitrogens with zero attached hydrogens (tertiary/aromatic N) is 3. The van der Waals surface area contributed by atoms with Gasteiger partial charge in [-0.25, -0.2) is 15.0 Å². The van der Waals surface area contributed by atoms with Gasteiger partial charge in [0, 0.05) is 16.1 Å². The van der Waals surface area contributed by atoms with E-state index in [1.54, 1.807) is 13.4 Å². The lowest BCUT2D eigenvalue weighted by Crippen LogP contribution is -2.11. The van der Waals surface area contributed by atoms with E-state index in [1.165, 1.54) is 6.33 Å².